The number of carbonyl (C=O) groups is 1. The second kappa shape index (κ2) is 11.6. The van der Waals surface area contributed by atoms with Gasteiger partial charge < -0.3 is 9.84 Å². The lowest BCUT2D eigenvalue weighted by atomic mass is 10.1. The number of fused-ring (bicyclic) bond motifs is 1. The zero-order chi connectivity index (χ0) is 26.7. The Morgan fingerprint density at radius 2 is 1.92 bits per heavy atom. The average molecular weight is 648 g/mol. The third-order valence-electron chi connectivity index (χ3n) is 5.81. The molecule has 0 radical (unpaired) electrons. The molecule has 0 fully saturated rings. The van der Waals surface area contributed by atoms with E-state index in [4.69, 9.17) is 26.4 Å². The topological polar surface area (TPSA) is 93.8 Å². The van der Waals surface area contributed by atoms with E-state index >= 15 is 0 Å². The number of carboxylic acids is 1. The Balaban J connectivity index is 1.62. The van der Waals surface area contributed by atoms with Crippen LogP contribution < -0.4 is 10.3 Å². The van der Waals surface area contributed by atoms with E-state index in [0.29, 0.717) is 37.5 Å². The Morgan fingerprint density at radius 3 is 2.57 bits per heavy atom. The Bertz CT molecular complexity index is 1550. The third-order valence-corrected chi connectivity index (χ3v) is 7.18. The Kier molecular flexibility index (Phi) is 8.46. The van der Waals surface area contributed by atoms with Gasteiger partial charge in [0.1, 0.15) is 12.4 Å². The summed E-state index contributed by atoms with van der Waals surface area (Å²) in [5.41, 5.74) is 2.03. The highest BCUT2D eigenvalue weighted by Gasteiger charge is 2.16. The number of aromatic nitrogens is 2. The zero-order valence-electron chi connectivity index (χ0n) is 19.9. The lowest BCUT2D eigenvalue weighted by Crippen LogP contribution is -2.23. The summed E-state index contributed by atoms with van der Waals surface area (Å²) in [5, 5.41) is 14.3. The minimum absolute atomic E-state index is 0.0218. The van der Waals surface area contributed by atoms with Gasteiger partial charge in [0.25, 0.3) is 5.56 Å². The maximum absolute atomic E-state index is 13.3. The Hall–Kier alpha value is -3.01. The van der Waals surface area contributed by atoms with Crippen molar-refractivity contribution in [1.29, 1.82) is 0 Å². The number of aromatic carboxylic acids is 1. The molecule has 0 aliphatic carbocycles. The lowest BCUT2D eigenvalue weighted by molar-refractivity contribution is 0.0697. The molecule has 0 spiro atoms. The first-order chi connectivity index (χ1) is 17.7. The highest BCUT2D eigenvalue weighted by atomic mass is 79.9. The van der Waals surface area contributed by atoms with Crippen molar-refractivity contribution >= 4 is 66.5 Å². The minimum atomic E-state index is -0.985. The largest absolute Gasteiger partial charge is 0.486 e. The number of rotatable bonds is 8. The number of ether oxygens (including phenoxy) is 1. The number of hydrogen-bond donors (Lipinski definition) is 1. The van der Waals surface area contributed by atoms with E-state index in [-0.39, 0.29) is 23.6 Å². The highest BCUT2D eigenvalue weighted by molar-refractivity contribution is 9.10. The number of halogens is 3. The first-order valence-electron chi connectivity index (χ1n) is 11.4. The summed E-state index contributed by atoms with van der Waals surface area (Å²) in [5.74, 6) is 0.0587. The smallest absolute Gasteiger partial charge is 0.335 e. The monoisotopic (exact) mass is 645 g/mol. The van der Waals surface area contributed by atoms with Gasteiger partial charge in [-0.25, -0.2) is 9.78 Å². The van der Waals surface area contributed by atoms with Gasteiger partial charge >= 0.3 is 5.97 Å². The van der Waals surface area contributed by atoms with E-state index in [2.05, 4.69) is 37.0 Å². The molecule has 0 unspecified atom stereocenters. The second-order valence-electron chi connectivity index (χ2n) is 8.41. The van der Waals surface area contributed by atoms with Gasteiger partial charge in [0, 0.05) is 10.4 Å². The summed E-state index contributed by atoms with van der Waals surface area (Å²) < 4.78 is 8.61. The molecule has 0 aliphatic rings. The van der Waals surface area contributed by atoms with Crippen molar-refractivity contribution in [3.63, 3.8) is 0 Å². The van der Waals surface area contributed by atoms with Crippen molar-refractivity contribution in [3.05, 3.63) is 101 Å². The van der Waals surface area contributed by atoms with Crippen LogP contribution in [0, 0.1) is 0 Å². The van der Waals surface area contributed by atoms with Crippen LogP contribution in [0.2, 0.25) is 5.02 Å². The van der Waals surface area contributed by atoms with E-state index in [9.17, 15) is 9.59 Å². The summed E-state index contributed by atoms with van der Waals surface area (Å²) in [6.45, 7) is 4.25. The molecule has 0 saturated carbocycles. The van der Waals surface area contributed by atoms with Crippen LogP contribution in [0.15, 0.2) is 73.4 Å². The molecule has 190 valence electrons. The van der Waals surface area contributed by atoms with Crippen LogP contribution in [0.5, 0.6) is 5.75 Å². The number of benzene rings is 3. The highest BCUT2D eigenvalue weighted by Crippen LogP contribution is 2.35. The number of nitrogens with zero attached hydrogens (tertiary/aromatic N) is 3. The fourth-order valence-corrected chi connectivity index (χ4v) is 4.94. The van der Waals surface area contributed by atoms with Gasteiger partial charge in [-0.15, -0.1) is 0 Å². The minimum Gasteiger partial charge on any atom is -0.486 e. The van der Waals surface area contributed by atoms with Gasteiger partial charge in [-0.1, -0.05) is 53.5 Å². The fraction of sp³-hybridized carbons (Fsp3) is 0.185. The molecule has 7 nitrogen and oxygen atoms in total. The SMILES string of the molecule is CC[C@H](C)c1nc2ccc(Br)cc2c(=O)n1N=Cc1cc(Cl)c(OCc2ccc(C(=O)O)cc2)c(Br)c1. The number of carboxylic acid groups (broad SMARTS) is 1. The first-order valence-corrected chi connectivity index (χ1v) is 13.3. The molecule has 4 rings (SSSR count). The molecule has 1 aromatic heterocycles. The standard InChI is InChI=1S/C27H22Br2ClN3O4/c1-3-15(2)25-32-23-9-8-19(28)12-20(23)26(34)33(25)31-13-17-10-21(29)24(22(30)11-17)37-14-16-4-6-18(7-5-16)27(35)36/h4-13,15H,3,14H2,1-2H3,(H,35,36)/t15-/m0/s1. The van der Waals surface area contributed by atoms with Gasteiger partial charge in [0.2, 0.25) is 0 Å². The summed E-state index contributed by atoms with van der Waals surface area (Å²) >= 11 is 13.4. The maximum Gasteiger partial charge on any atom is 0.335 e. The van der Waals surface area contributed by atoms with Crippen molar-refractivity contribution in [2.75, 3.05) is 0 Å². The van der Waals surface area contributed by atoms with Crippen LogP contribution in [0.25, 0.3) is 10.9 Å². The van der Waals surface area contributed by atoms with Crippen molar-refractivity contribution in [3.8, 4) is 5.75 Å². The molecule has 37 heavy (non-hydrogen) atoms. The molecule has 0 amide bonds. The summed E-state index contributed by atoms with van der Waals surface area (Å²) in [6, 6.07) is 15.3. The van der Waals surface area contributed by atoms with Crippen LogP contribution in [0.3, 0.4) is 0 Å². The quantitative estimate of drug-likeness (QED) is 0.204. The molecule has 0 aliphatic heterocycles. The zero-order valence-corrected chi connectivity index (χ0v) is 23.8. The van der Waals surface area contributed by atoms with E-state index in [0.717, 1.165) is 16.5 Å². The molecule has 3 aromatic carbocycles. The van der Waals surface area contributed by atoms with Gasteiger partial charge in [-0.3, -0.25) is 4.79 Å². The van der Waals surface area contributed by atoms with Gasteiger partial charge in [-0.05, 0) is 75.9 Å². The average Bonchev–Trinajstić information content (AvgIpc) is 2.87. The predicted octanol–water partition coefficient (Wildman–Crippen LogP) is 7.25. The van der Waals surface area contributed by atoms with Crippen LogP contribution in [0.1, 0.15) is 53.5 Å². The van der Waals surface area contributed by atoms with E-state index in [1.807, 2.05) is 26.0 Å². The Labute approximate surface area is 235 Å². The molecule has 1 N–H and O–H groups in total. The summed E-state index contributed by atoms with van der Waals surface area (Å²) in [4.78, 5) is 29.1. The van der Waals surface area contributed by atoms with E-state index < -0.39 is 5.97 Å². The molecule has 1 heterocycles. The predicted molar refractivity (Wildman–Crippen MR) is 152 cm³/mol. The molecular formula is C27H22Br2ClN3O4. The maximum atomic E-state index is 13.3. The molecule has 0 saturated heterocycles. The molecule has 0 bridgehead atoms. The van der Waals surface area contributed by atoms with Gasteiger partial charge in [0.05, 0.1) is 32.2 Å². The van der Waals surface area contributed by atoms with E-state index in [1.54, 1.807) is 36.5 Å². The normalized spacial score (nSPS) is 12.2. The fourth-order valence-electron chi connectivity index (χ4n) is 3.59. The number of hydrogen-bond acceptors (Lipinski definition) is 5. The van der Waals surface area contributed by atoms with Gasteiger partial charge in [-0.2, -0.15) is 9.78 Å². The second-order valence-corrected chi connectivity index (χ2v) is 10.6. The third kappa shape index (κ3) is 6.11. The molecule has 10 heteroatoms. The molecular weight excluding hydrogens is 626 g/mol. The van der Waals surface area contributed by atoms with Crippen LogP contribution in [-0.4, -0.2) is 27.0 Å². The van der Waals surface area contributed by atoms with Crippen LogP contribution >= 0.6 is 43.5 Å². The van der Waals surface area contributed by atoms with E-state index in [1.165, 1.54) is 16.8 Å². The van der Waals surface area contributed by atoms with Crippen LogP contribution in [0.4, 0.5) is 0 Å². The van der Waals surface area contributed by atoms with Crippen molar-refractivity contribution in [2.24, 2.45) is 5.10 Å². The van der Waals surface area contributed by atoms with Crippen LogP contribution in [-0.2, 0) is 6.61 Å². The van der Waals surface area contributed by atoms with Crippen molar-refractivity contribution in [1.82, 2.24) is 9.66 Å². The van der Waals surface area contributed by atoms with Crippen molar-refractivity contribution < 1.29 is 14.6 Å². The van der Waals surface area contributed by atoms with Gasteiger partial charge in [0.15, 0.2) is 5.75 Å². The summed E-state index contributed by atoms with van der Waals surface area (Å²) in [6.07, 6.45) is 2.36. The summed E-state index contributed by atoms with van der Waals surface area (Å²) in [7, 11) is 0. The van der Waals surface area contributed by atoms with Crippen molar-refractivity contribution in [2.45, 2.75) is 32.8 Å². The lowest BCUT2D eigenvalue weighted by Gasteiger charge is -2.14. The molecule has 1 atom stereocenters. The molecule has 4 aromatic rings. The Morgan fingerprint density at radius 1 is 1.19 bits per heavy atom. The first kappa shape index (κ1) is 27.0.